The van der Waals surface area contributed by atoms with E-state index in [1.807, 2.05) is 6.92 Å². The second-order valence-electron chi connectivity index (χ2n) is 4.31. The second-order valence-corrected chi connectivity index (χ2v) is 5.13. The summed E-state index contributed by atoms with van der Waals surface area (Å²) in [5.74, 6) is -0.539. The Bertz CT molecular complexity index is 638. The normalized spacial score (nSPS) is 10.5. The summed E-state index contributed by atoms with van der Waals surface area (Å²) in [6.45, 7) is 1.84. The molecule has 2 aromatic carbocycles. The molecule has 0 saturated carbocycles. The quantitative estimate of drug-likeness (QED) is 0.739. The average molecular weight is 297 g/mol. The molecule has 0 N–H and O–H groups in total. The van der Waals surface area contributed by atoms with Gasteiger partial charge in [0.05, 0.1) is 5.02 Å². The summed E-state index contributed by atoms with van der Waals surface area (Å²) in [7, 11) is 0. The SMILES string of the molecule is Cc1cc(C(=O)Cc2ccc(F)c(Cl)c2)ccc1Cl. The fraction of sp³-hybridized carbons (Fsp3) is 0.133. The number of aryl methyl sites for hydroxylation is 1. The predicted octanol–water partition coefficient (Wildman–Crippen LogP) is 4.87. The van der Waals surface area contributed by atoms with Crippen molar-refractivity contribution in [1.82, 2.24) is 0 Å². The van der Waals surface area contributed by atoms with Crippen molar-refractivity contribution in [3.63, 3.8) is 0 Å². The Morgan fingerprint density at radius 2 is 1.84 bits per heavy atom. The van der Waals surface area contributed by atoms with Gasteiger partial charge in [-0.25, -0.2) is 4.39 Å². The van der Waals surface area contributed by atoms with Crippen LogP contribution >= 0.6 is 23.2 Å². The Labute approximate surface area is 121 Å². The van der Waals surface area contributed by atoms with E-state index in [1.54, 1.807) is 24.3 Å². The predicted molar refractivity (Wildman–Crippen MR) is 75.6 cm³/mol. The van der Waals surface area contributed by atoms with Crippen LogP contribution in [0.2, 0.25) is 10.0 Å². The number of carbonyl (C=O) groups excluding carboxylic acids is 1. The highest BCUT2D eigenvalue weighted by Gasteiger charge is 2.10. The molecular weight excluding hydrogens is 286 g/mol. The number of hydrogen-bond acceptors (Lipinski definition) is 1. The molecule has 0 aromatic heterocycles. The number of rotatable bonds is 3. The smallest absolute Gasteiger partial charge is 0.167 e. The van der Waals surface area contributed by atoms with Gasteiger partial charge in [-0.05, 0) is 48.4 Å². The Morgan fingerprint density at radius 1 is 1.11 bits per heavy atom. The van der Waals surface area contributed by atoms with Gasteiger partial charge >= 0.3 is 0 Å². The maximum Gasteiger partial charge on any atom is 0.167 e. The van der Waals surface area contributed by atoms with Gasteiger partial charge in [0.2, 0.25) is 0 Å². The van der Waals surface area contributed by atoms with E-state index in [0.717, 1.165) is 5.56 Å². The monoisotopic (exact) mass is 296 g/mol. The van der Waals surface area contributed by atoms with Crippen LogP contribution in [0.25, 0.3) is 0 Å². The lowest BCUT2D eigenvalue weighted by atomic mass is 10.0. The molecule has 0 aliphatic heterocycles. The van der Waals surface area contributed by atoms with Gasteiger partial charge in [-0.3, -0.25) is 4.79 Å². The third-order valence-electron chi connectivity index (χ3n) is 2.83. The molecule has 2 rings (SSSR count). The third-order valence-corrected chi connectivity index (χ3v) is 3.54. The zero-order valence-corrected chi connectivity index (χ0v) is 11.7. The summed E-state index contributed by atoms with van der Waals surface area (Å²) in [5.41, 5.74) is 2.12. The highest BCUT2D eigenvalue weighted by molar-refractivity contribution is 6.31. The number of halogens is 3. The van der Waals surface area contributed by atoms with E-state index in [4.69, 9.17) is 23.2 Å². The molecule has 1 nitrogen and oxygen atoms in total. The first kappa shape index (κ1) is 14.0. The van der Waals surface area contributed by atoms with Crippen LogP contribution in [0.1, 0.15) is 21.5 Å². The summed E-state index contributed by atoms with van der Waals surface area (Å²) in [5, 5.41) is 0.652. The summed E-state index contributed by atoms with van der Waals surface area (Å²) in [6.07, 6.45) is 0.182. The first-order chi connectivity index (χ1) is 8.97. The van der Waals surface area contributed by atoms with Crippen LogP contribution in [0.4, 0.5) is 4.39 Å². The van der Waals surface area contributed by atoms with Gasteiger partial charge in [-0.15, -0.1) is 0 Å². The molecule has 0 unspecified atom stereocenters. The average Bonchev–Trinajstić information content (AvgIpc) is 2.37. The van der Waals surface area contributed by atoms with E-state index < -0.39 is 5.82 Å². The molecule has 0 fully saturated rings. The van der Waals surface area contributed by atoms with Crippen molar-refractivity contribution >= 4 is 29.0 Å². The van der Waals surface area contributed by atoms with Crippen LogP contribution in [0.3, 0.4) is 0 Å². The van der Waals surface area contributed by atoms with Crippen molar-refractivity contribution in [2.24, 2.45) is 0 Å². The summed E-state index contributed by atoms with van der Waals surface area (Å²) < 4.78 is 13.0. The summed E-state index contributed by atoms with van der Waals surface area (Å²) in [4.78, 5) is 12.1. The fourth-order valence-electron chi connectivity index (χ4n) is 1.76. The molecule has 0 atom stereocenters. The number of Topliss-reactive ketones (excluding diaryl/α,β-unsaturated/α-hetero) is 1. The van der Waals surface area contributed by atoms with Crippen LogP contribution in [-0.4, -0.2) is 5.78 Å². The molecule has 0 radical (unpaired) electrons. The van der Waals surface area contributed by atoms with Gasteiger partial charge in [0.1, 0.15) is 5.82 Å². The Hall–Kier alpha value is -1.38. The van der Waals surface area contributed by atoms with Crippen LogP contribution in [-0.2, 0) is 6.42 Å². The number of carbonyl (C=O) groups is 1. The molecule has 0 amide bonds. The highest BCUT2D eigenvalue weighted by atomic mass is 35.5. The fourth-order valence-corrected chi connectivity index (χ4v) is 2.08. The number of ketones is 1. The minimum absolute atomic E-state index is 0.0255. The zero-order valence-electron chi connectivity index (χ0n) is 10.2. The van der Waals surface area contributed by atoms with Crippen LogP contribution in [0, 0.1) is 12.7 Å². The minimum atomic E-state index is -0.486. The van der Waals surface area contributed by atoms with Crippen LogP contribution in [0.5, 0.6) is 0 Å². The molecule has 4 heteroatoms. The molecular formula is C15H11Cl2FO. The minimum Gasteiger partial charge on any atom is -0.294 e. The van der Waals surface area contributed by atoms with Gasteiger partial charge in [0.15, 0.2) is 5.78 Å². The van der Waals surface area contributed by atoms with E-state index in [9.17, 15) is 9.18 Å². The van der Waals surface area contributed by atoms with Gasteiger partial charge in [0.25, 0.3) is 0 Å². The summed E-state index contributed by atoms with van der Waals surface area (Å²) in [6, 6.07) is 9.41. The largest absolute Gasteiger partial charge is 0.294 e. The zero-order chi connectivity index (χ0) is 14.0. The number of hydrogen-bond donors (Lipinski definition) is 0. The van der Waals surface area contributed by atoms with Gasteiger partial charge in [0, 0.05) is 17.0 Å². The van der Waals surface area contributed by atoms with Crippen LogP contribution < -0.4 is 0 Å². The molecule has 0 spiro atoms. The standard InChI is InChI=1S/C15H11Cl2FO/c1-9-6-11(3-4-12(9)16)15(19)8-10-2-5-14(18)13(17)7-10/h2-7H,8H2,1H3. The lowest BCUT2D eigenvalue weighted by molar-refractivity contribution is 0.0993. The van der Waals surface area contributed by atoms with E-state index in [-0.39, 0.29) is 17.2 Å². The van der Waals surface area contributed by atoms with Gasteiger partial charge in [-0.2, -0.15) is 0 Å². The van der Waals surface area contributed by atoms with E-state index in [0.29, 0.717) is 16.1 Å². The third kappa shape index (κ3) is 3.34. The van der Waals surface area contributed by atoms with Crippen molar-refractivity contribution in [2.45, 2.75) is 13.3 Å². The lowest BCUT2D eigenvalue weighted by Crippen LogP contribution is -2.04. The molecule has 2 aromatic rings. The Morgan fingerprint density at radius 3 is 2.47 bits per heavy atom. The van der Waals surface area contributed by atoms with Crippen molar-refractivity contribution in [3.05, 3.63) is 69.0 Å². The molecule has 0 aliphatic rings. The number of benzene rings is 2. The Balaban J connectivity index is 2.20. The van der Waals surface area contributed by atoms with Gasteiger partial charge < -0.3 is 0 Å². The first-order valence-corrected chi connectivity index (χ1v) is 6.46. The molecule has 0 aliphatic carbocycles. The van der Waals surface area contributed by atoms with Crippen LogP contribution in [0.15, 0.2) is 36.4 Å². The van der Waals surface area contributed by atoms with Crippen molar-refractivity contribution in [1.29, 1.82) is 0 Å². The highest BCUT2D eigenvalue weighted by Crippen LogP contribution is 2.20. The topological polar surface area (TPSA) is 17.1 Å². The second kappa shape index (κ2) is 5.72. The van der Waals surface area contributed by atoms with Crippen molar-refractivity contribution < 1.29 is 9.18 Å². The molecule has 19 heavy (non-hydrogen) atoms. The van der Waals surface area contributed by atoms with Crippen molar-refractivity contribution in [2.75, 3.05) is 0 Å². The van der Waals surface area contributed by atoms with E-state index in [2.05, 4.69) is 0 Å². The Kier molecular flexibility index (Phi) is 4.23. The molecule has 0 bridgehead atoms. The molecule has 0 saturated heterocycles. The van der Waals surface area contributed by atoms with Crippen molar-refractivity contribution in [3.8, 4) is 0 Å². The maximum absolute atomic E-state index is 13.0. The van der Waals surface area contributed by atoms with E-state index >= 15 is 0 Å². The first-order valence-electron chi connectivity index (χ1n) is 5.70. The molecule has 0 heterocycles. The lowest BCUT2D eigenvalue weighted by Gasteiger charge is -2.05. The maximum atomic E-state index is 13.0. The summed E-state index contributed by atoms with van der Waals surface area (Å²) >= 11 is 11.6. The molecule has 98 valence electrons. The van der Waals surface area contributed by atoms with Gasteiger partial charge in [-0.1, -0.05) is 29.3 Å². The van der Waals surface area contributed by atoms with E-state index in [1.165, 1.54) is 12.1 Å².